The molecule has 0 aromatic heterocycles. The highest BCUT2D eigenvalue weighted by Gasteiger charge is 2.16. The summed E-state index contributed by atoms with van der Waals surface area (Å²) >= 11 is 23.4. The second-order valence-corrected chi connectivity index (χ2v) is 5.47. The summed E-state index contributed by atoms with van der Waals surface area (Å²) in [4.78, 5) is 12.1. The molecule has 0 fully saturated rings. The molecule has 104 valence electrons. The average Bonchev–Trinajstić information content (AvgIpc) is 2.38. The Labute approximate surface area is 135 Å². The molecule has 0 heterocycles. The zero-order valence-corrected chi connectivity index (χ0v) is 12.8. The van der Waals surface area contributed by atoms with E-state index in [9.17, 15) is 9.90 Å². The van der Waals surface area contributed by atoms with Gasteiger partial charge in [-0.25, -0.2) is 0 Å². The van der Waals surface area contributed by atoms with Crippen LogP contribution >= 0.6 is 46.4 Å². The number of phenols is 1. The molecule has 7 heteroatoms. The molecule has 0 saturated heterocycles. The molecule has 0 atom stereocenters. The predicted molar refractivity (Wildman–Crippen MR) is 82.5 cm³/mol. The number of anilines is 1. The quantitative estimate of drug-likeness (QED) is 0.726. The van der Waals surface area contributed by atoms with Gasteiger partial charge in [0.05, 0.1) is 26.3 Å². The summed E-state index contributed by atoms with van der Waals surface area (Å²) in [5, 5.41) is 13.0. The van der Waals surface area contributed by atoms with Crippen molar-refractivity contribution in [1.82, 2.24) is 0 Å². The van der Waals surface area contributed by atoms with Crippen molar-refractivity contribution in [2.75, 3.05) is 5.32 Å². The summed E-state index contributed by atoms with van der Waals surface area (Å²) in [6.07, 6.45) is 0. The Balaban J connectivity index is 2.35. The van der Waals surface area contributed by atoms with Gasteiger partial charge in [-0.15, -0.1) is 0 Å². The summed E-state index contributed by atoms with van der Waals surface area (Å²) in [6.45, 7) is 0. The van der Waals surface area contributed by atoms with Crippen LogP contribution in [0.5, 0.6) is 5.75 Å². The van der Waals surface area contributed by atoms with Gasteiger partial charge < -0.3 is 10.4 Å². The molecule has 3 nitrogen and oxygen atoms in total. The van der Waals surface area contributed by atoms with Crippen molar-refractivity contribution >= 4 is 58.0 Å². The van der Waals surface area contributed by atoms with Gasteiger partial charge in [0.25, 0.3) is 5.91 Å². The Morgan fingerprint density at radius 2 is 1.75 bits per heavy atom. The summed E-state index contributed by atoms with van der Waals surface area (Å²) < 4.78 is 0. The summed E-state index contributed by atoms with van der Waals surface area (Å²) in [5.74, 6) is -0.888. The van der Waals surface area contributed by atoms with Crippen LogP contribution in [0, 0.1) is 0 Å². The zero-order valence-electron chi connectivity index (χ0n) is 9.75. The minimum Gasteiger partial charge on any atom is -0.506 e. The fourth-order valence-electron chi connectivity index (χ4n) is 1.54. The number of benzene rings is 2. The van der Waals surface area contributed by atoms with Gasteiger partial charge in [0.1, 0.15) is 5.75 Å². The number of aromatic hydroxyl groups is 1. The van der Waals surface area contributed by atoms with Crippen molar-refractivity contribution in [2.24, 2.45) is 0 Å². The van der Waals surface area contributed by atoms with Crippen LogP contribution in [0.4, 0.5) is 5.69 Å². The highest BCUT2D eigenvalue weighted by atomic mass is 35.5. The smallest absolute Gasteiger partial charge is 0.259 e. The molecule has 0 aliphatic rings. The van der Waals surface area contributed by atoms with Crippen molar-refractivity contribution in [3.63, 3.8) is 0 Å². The van der Waals surface area contributed by atoms with Crippen LogP contribution in [0.25, 0.3) is 0 Å². The van der Waals surface area contributed by atoms with Crippen LogP contribution in [0.3, 0.4) is 0 Å². The van der Waals surface area contributed by atoms with E-state index in [0.29, 0.717) is 5.02 Å². The third kappa shape index (κ3) is 3.13. The van der Waals surface area contributed by atoms with Gasteiger partial charge in [0.15, 0.2) is 0 Å². The van der Waals surface area contributed by atoms with Crippen molar-refractivity contribution < 1.29 is 9.90 Å². The molecule has 0 aliphatic carbocycles. The Bertz CT molecular complexity index is 688. The second-order valence-electron chi connectivity index (χ2n) is 3.84. The number of para-hydroxylation sites is 1. The molecule has 2 aromatic rings. The van der Waals surface area contributed by atoms with Crippen LogP contribution < -0.4 is 5.32 Å². The van der Waals surface area contributed by atoms with E-state index in [0.717, 1.165) is 0 Å². The van der Waals surface area contributed by atoms with Crippen LogP contribution in [-0.2, 0) is 0 Å². The molecule has 0 saturated carbocycles. The van der Waals surface area contributed by atoms with Crippen molar-refractivity contribution in [2.45, 2.75) is 0 Å². The maximum absolute atomic E-state index is 12.1. The van der Waals surface area contributed by atoms with Gasteiger partial charge in [-0.1, -0.05) is 52.5 Å². The third-order valence-corrected chi connectivity index (χ3v) is 3.80. The molecule has 0 spiro atoms. The Morgan fingerprint density at radius 3 is 2.45 bits per heavy atom. The number of hydrogen-bond donors (Lipinski definition) is 2. The van der Waals surface area contributed by atoms with Crippen LogP contribution in [-0.4, -0.2) is 11.0 Å². The van der Waals surface area contributed by atoms with Gasteiger partial charge in [-0.2, -0.15) is 0 Å². The van der Waals surface area contributed by atoms with Crippen LogP contribution in [0.2, 0.25) is 20.1 Å². The molecular formula is C13H7Cl4NO2. The Morgan fingerprint density at radius 1 is 1.05 bits per heavy atom. The highest BCUT2D eigenvalue weighted by molar-refractivity contribution is 6.45. The van der Waals surface area contributed by atoms with Gasteiger partial charge in [0, 0.05) is 5.02 Å². The lowest BCUT2D eigenvalue weighted by Gasteiger charge is -2.10. The first-order valence-corrected chi connectivity index (χ1v) is 6.84. The molecule has 2 rings (SSSR count). The van der Waals surface area contributed by atoms with Crippen molar-refractivity contribution in [3.8, 4) is 5.75 Å². The van der Waals surface area contributed by atoms with Crippen LogP contribution in [0.15, 0.2) is 30.3 Å². The molecule has 0 aliphatic heterocycles. The number of nitrogens with one attached hydrogen (secondary N) is 1. The first-order valence-electron chi connectivity index (χ1n) is 5.33. The van der Waals surface area contributed by atoms with E-state index in [1.165, 1.54) is 24.3 Å². The lowest BCUT2D eigenvalue weighted by atomic mass is 10.2. The lowest BCUT2D eigenvalue weighted by Crippen LogP contribution is -2.12. The van der Waals surface area contributed by atoms with Crippen LogP contribution in [0.1, 0.15) is 10.4 Å². The zero-order chi connectivity index (χ0) is 14.9. The molecule has 2 N–H and O–H groups in total. The van der Waals surface area contributed by atoms with E-state index in [1.807, 2.05) is 0 Å². The van der Waals surface area contributed by atoms with Crippen molar-refractivity contribution in [3.05, 3.63) is 56.0 Å². The predicted octanol–water partition coefficient (Wildman–Crippen LogP) is 5.26. The van der Waals surface area contributed by atoms with Gasteiger partial charge >= 0.3 is 0 Å². The summed E-state index contributed by atoms with van der Waals surface area (Å²) in [5.41, 5.74) is 0.262. The minimum absolute atomic E-state index is 0.0182. The number of hydrogen-bond acceptors (Lipinski definition) is 2. The fraction of sp³-hybridized carbons (Fsp3) is 0. The van der Waals surface area contributed by atoms with E-state index < -0.39 is 5.91 Å². The molecule has 0 bridgehead atoms. The number of amides is 1. The normalized spacial score (nSPS) is 10.4. The van der Waals surface area contributed by atoms with Gasteiger partial charge in [0.2, 0.25) is 0 Å². The second kappa shape index (κ2) is 6.10. The lowest BCUT2D eigenvalue weighted by molar-refractivity contribution is 0.102. The van der Waals surface area contributed by atoms with Gasteiger partial charge in [-0.3, -0.25) is 4.79 Å². The number of carbonyl (C=O) groups excluding carboxylic acids is 1. The molecule has 2 aromatic carbocycles. The average molecular weight is 351 g/mol. The number of rotatable bonds is 2. The summed E-state index contributed by atoms with van der Waals surface area (Å²) in [7, 11) is 0. The first-order chi connectivity index (χ1) is 9.40. The molecule has 1 amide bonds. The maximum atomic E-state index is 12.1. The molecular weight excluding hydrogens is 344 g/mol. The number of halogens is 4. The van der Waals surface area contributed by atoms with E-state index in [1.54, 1.807) is 6.07 Å². The van der Waals surface area contributed by atoms with E-state index in [-0.39, 0.29) is 32.1 Å². The first kappa shape index (κ1) is 15.3. The van der Waals surface area contributed by atoms with Crippen molar-refractivity contribution in [1.29, 1.82) is 0 Å². The number of carbonyl (C=O) groups is 1. The van der Waals surface area contributed by atoms with Gasteiger partial charge in [-0.05, 0) is 24.3 Å². The maximum Gasteiger partial charge on any atom is 0.259 e. The largest absolute Gasteiger partial charge is 0.506 e. The molecule has 20 heavy (non-hydrogen) atoms. The van der Waals surface area contributed by atoms with E-state index in [2.05, 4.69) is 5.32 Å². The monoisotopic (exact) mass is 349 g/mol. The topological polar surface area (TPSA) is 49.3 Å². The standard InChI is InChI=1S/C13H7Cl4NO2/c14-6-4-9(16)11(17)10(5-6)18-13(20)7-2-1-3-8(15)12(7)19/h1-5,19H,(H,18,20). The summed E-state index contributed by atoms with van der Waals surface area (Å²) in [6, 6.07) is 7.35. The number of phenolic OH excluding ortho intramolecular Hbond substituents is 1. The Hall–Kier alpha value is -1.13. The Kier molecular flexibility index (Phi) is 4.66. The highest BCUT2D eigenvalue weighted by Crippen LogP contribution is 2.34. The minimum atomic E-state index is -0.578. The fourth-order valence-corrected chi connectivity index (χ4v) is 2.36. The van der Waals surface area contributed by atoms with E-state index >= 15 is 0 Å². The molecule has 0 unspecified atom stereocenters. The third-order valence-electron chi connectivity index (χ3n) is 2.47. The molecule has 0 radical (unpaired) electrons. The van der Waals surface area contributed by atoms with E-state index in [4.69, 9.17) is 46.4 Å². The SMILES string of the molecule is O=C(Nc1cc(Cl)cc(Cl)c1Cl)c1cccc(Cl)c1O.